The lowest BCUT2D eigenvalue weighted by atomic mass is 9.72. The minimum atomic E-state index is 0.395. The lowest BCUT2D eigenvalue weighted by molar-refractivity contribution is 0.234. The van der Waals surface area contributed by atoms with Crippen LogP contribution in [0.1, 0.15) is 45.1 Å². The molecule has 0 radical (unpaired) electrons. The lowest BCUT2D eigenvalue weighted by Crippen LogP contribution is -2.20. The molecular weight excluding hydrogens is 220 g/mol. The van der Waals surface area contributed by atoms with Crippen molar-refractivity contribution in [3.05, 3.63) is 35.9 Å². The molecule has 1 fully saturated rings. The van der Waals surface area contributed by atoms with E-state index in [-0.39, 0.29) is 0 Å². The maximum Gasteiger partial charge on any atom is 0.118 e. The number of hydrogen-bond donors (Lipinski definition) is 0. The Morgan fingerprint density at radius 2 is 1.78 bits per heavy atom. The van der Waals surface area contributed by atoms with Gasteiger partial charge in [0, 0.05) is 0 Å². The largest absolute Gasteiger partial charge is 0.497 e. The van der Waals surface area contributed by atoms with Crippen LogP contribution >= 0.6 is 0 Å². The Kier molecular flexibility index (Phi) is 4.11. The molecule has 1 aliphatic carbocycles. The van der Waals surface area contributed by atoms with Crippen LogP contribution in [0.4, 0.5) is 0 Å². The van der Waals surface area contributed by atoms with Gasteiger partial charge < -0.3 is 4.74 Å². The molecule has 0 N–H and O–H groups in total. The van der Waals surface area contributed by atoms with E-state index in [1.807, 2.05) is 12.1 Å². The van der Waals surface area contributed by atoms with Crippen molar-refractivity contribution in [3.8, 4) is 5.75 Å². The molecule has 1 heteroatoms. The van der Waals surface area contributed by atoms with Crippen LogP contribution in [-0.2, 0) is 0 Å². The molecule has 1 aromatic rings. The molecule has 0 unspecified atom stereocenters. The van der Waals surface area contributed by atoms with Crippen LogP contribution in [0.5, 0.6) is 5.75 Å². The van der Waals surface area contributed by atoms with Crippen molar-refractivity contribution in [1.82, 2.24) is 0 Å². The van der Waals surface area contributed by atoms with E-state index in [0.29, 0.717) is 5.41 Å². The fraction of sp³-hybridized carbons (Fsp3) is 0.529. The summed E-state index contributed by atoms with van der Waals surface area (Å²) in [7, 11) is 1.70. The molecule has 0 aromatic heterocycles. The average Bonchev–Trinajstić information content (AvgIpc) is 2.41. The van der Waals surface area contributed by atoms with Gasteiger partial charge in [-0.15, -0.1) is 0 Å². The summed E-state index contributed by atoms with van der Waals surface area (Å²) in [6.07, 6.45) is 10.0. The molecule has 0 spiro atoms. The van der Waals surface area contributed by atoms with Gasteiger partial charge in [0.25, 0.3) is 0 Å². The van der Waals surface area contributed by atoms with Crippen molar-refractivity contribution < 1.29 is 4.74 Å². The molecule has 0 aliphatic heterocycles. The normalized spacial score (nSPS) is 28.5. The number of methoxy groups -OCH3 is 1. The molecule has 0 saturated heterocycles. The summed E-state index contributed by atoms with van der Waals surface area (Å²) in [5.41, 5.74) is 1.66. The second-order valence-corrected chi connectivity index (χ2v) is 5.94. The van der Waals surface area contributed by atoms with Crippen LogP contribution in [0.25, 0.3) is 6.08 Å². The molecule has 0 heterocycles. The van der Waals surface area contributed by atoms with E-state index in [0.717, 1.165) is 11.7 Å². The van der Waals surface area contributed by atoms with Crippen LogP contribution in [0.15, 0.2) is 30.3 Å². The molecule has 1 aliphatic rings. The second kappa shape index (κ2) is 5.60. The summed E-state index contributed by atoms with van der Waals surface area (Å²) in [5.74, 6) is 1.83. The first-order valence-corrected chi connectivity index (χ1v) is 6.95. The van der Waals surface area contributed by atoms with Crippen molar-refractivity contribution in [1.29, 1.82) is 0 Å². The van der Waals surface area contributed by atoms with Gasteiger partial charge in [0.2, 0.25) is 0 Å². The Morgan fingerprint density at radius 3 is 2.33 bits per heavy atom. The Morgan fingerprint density at radius 1 is 1.17 bits per heavy atom. The zero-order valence-electron chi connectivity index (χ0n) is 11.8. The monoisotopic (exact) mass is 244 g/mol. The lowest BCUT2D eigenvalue weighted by Gasteiger charge is -2.33. The standard InChI is InChI=1S/C17H24O/c1-14-8-11-17(2,12-9-14)13-10-15-4-6-16(18-3)7-5-15/h4-7,10,13-14H,8-9,11-12H2,1-3H3/b13-10+. The summed E-state index contributed by atoms with van der Waals surface area (Å²) < 4.78 is 5.17. The number of rotatable bonds is 3. The van der Waals surface area contributed by atoms with Crippen LogP contribution in [0.3, 0.4) is 0 Å². The highest BCUT2D eigenvalue weighted by molar-refractivity contribution is 5.51. The van der Waals surface area contributed by atoms with Crippen LogP contribution in [-0.4, -0.2) is 7.11 Å². The fourth-order valence-electron chi connectivity index (χ4n) is 2.60. The van der Waals surface area contributed by atoms with Gasteiger partial charge in [-0.25, -0.2) is 0 Å². The van der Waals surface area contributed by atoms with Crippen molar-refractivity contribution in [3.63, 3.8) is 0 Å². The van der Waals surface area contributed by atoms with E-state index in [4.69, 9.17) is 4.74 Å². The zero-order chi connectivity index (χ0) is 13.0. The van der Waals surface area contributed by atoms with E-state index in [1.165, 1.54) is 31.2 Å². The van der Waals surface area contributed by atoms with Crippen LogP contribution in [0, 0.1) is 11.3 Å². The molecule has 98 valence electrons. The van der Waals surface area contributed by atoms with E-state index in [2.05, 4.69) is 38.1 Å². The van der Waals surface area contributed by atoms with Crippen LogP contribution in [0.2, 0.25) is 0 Å². The van der Waals surface area contributed by atoms with Crippen LogP contribution < -0.4 is 4.74 Å². The summed E-state index contributed by atoms with van der Waals surface area (Å²) >= 11 is 0. The third-order valence-electron chi connectivity index (χ3n) is 4.21. The molecule has 18 heavy (non-hydrogen) atoms. The third-order valence-corrected chi connectivity index (χ3v) is 4.21. The minimum absolute atomic E-state index is 0.395. The van der Waals surface area contributed by atoms with Crippen molar-refractivity contribution >= 4 is 6.08 Å². The van der Waals surface area contributed by atoms with Gasteiger partial charge in [0.15, 0.2) is 0 Å². The number of ether oxygens (including phenoxy) is 1. The highest BCUT2D eigenvalue weighted by Gasteiger charge is 2.26. The predicted octanol–water partition coefficient (Wildman–Crippen LogP) is 4.92. The summed E-state index contributed by atoms with van der Waals surface area (Å²) in [4.78, 5) is 0. The highest BCUT2D eigenvalue weighted by atomic mass is 16.5. The van der Waals surface area contributed by atoms with Gasteiger partial charge in [-0.05, 0) is 54.7 Å². The quantitative estimate of drug-likeness (QED) is 0.733. The Hall–Kier alpha value is -1.24. The zero-order valence-corrected chi connectivity index (χ0v) is 11.8. The smallest absolute Gasteiger partial charge is 0.118 e. The highest BCUT2D eigenvalue weighted by Crippen LogP contribution is 2.39. The first kappa shape index (κ1) is 13.2. The first-order chi connectivity index (χ1) is 8.61. The molecule has 0 atom stereocenters. The van der Waals surface area contributed by atoms with Gasteiger partial charge in [-0.1, -0.05) is 38.1 Å². The topological polar surface area (TPSA) is 9.23 Å². The number of benzene rings is 1. The minimum Gasteiger partial charge on any atom is -0.497 e. The van der Waals surface area contributed by atoms with E-state index in [1.54, 1.807) is 7.11 Å². The Balaban J connectivity index is 2.01. The number of hydrogen-bond acceptors (Lipinski definition) is 1. The molecule has 1 nitrogen and oxygen atoms in total. The summed E-state index contributed by atoms with van der Waals surface area (Å²) in [5, 5.41) is 0. The second-order valence-electron chi connectivity index (χ2n) is 5.94. The van der Waals surface area contributed by atoms with E-state index < -0.39 is 0 Å². The van der Waals surface area contributed by atoms with E-state index in [9.17, 15) is 0 Å². The Labute approximate surface area is 111 Å². The summed E-state index contributed by atoms with van der Waals surface area (Å²) in [6, 6.07) is 8.27. The molecule has 2 rings (SSSR count). The van der Waals surface area contributed by atoms with Gasteiger partial charge in [-0.2, -0.15) is 0 Å². The molecule has 1 aromatic carbocycles. The maximum atomic E-state index is 5.17. The molecular formula is C17H24O. The molecule has 0 amide bonds. The van der Waals surface area contributed by atoms with Gasteiger partial charge >= 0.3 is 0 Å². The van der Waals surface area contributed by atoms with Gasteiger partial charge in [0.1, 0.15) is 5.75 Å². The number of allylic oxidation sites excluding steroid dienone is 1. The van der Waals surface area contributed by atoms with E-state index >= 15 is 0 Å². The third kappa shape index (κ3) is 3.38. The Bertz CT molecular complexity index is 394. The first-order valence-electron chi connectivity index (χ1n) is 6.95. The van der Waals surface area contributed by atoms with Crippen molar-refractivity contribution in [2.45, 2.75) is 39.5 Å². The predicted molar refractivity (Wildman–Crippen MR) is 77.8 cm³/mol. The SMILES string of the molecule is COc1ccc(/C=C/C2(C)CCC(C)CC2)cc1. The fourth-order valence-corrected chi connectivity index (χ4v) is 2.60. The van der Waals surface area contributed by atoms with Gasteiger partial charge in [0.05, 0.1) is 7.11 Å². The molecule has 0 bridgehead atoms. The van der Waals surface area contributed by atoms with Gasteiger partial charge in [-0.3, -0.25) is 0 Å². The summed E-state index contributed by atoms with van der Waals surface area (Å²) in [6.45, 7) is 4.76. The average molecular weight is 244 g/mol. The molecule has 1 saturated carbocycles. The van der Waals surface area contributed by atoms with Crippen molar-refractivity contribution in [2.75, 3.05) is 7.11 Å². The maximum absolute atomic E-state index is 5.17. The van der Waals surface area contributed by atoms with Crippen molar-refractivity contribution in [2.24, 2.45) is 11.3 Å².